The van der Waals surface area contributed by atoms with Gasteiger partial charge in [0.1, 0.15) is 13.1 Å². The Morgan fingerprint density at radius 3 is 2.00 bits per heavy atom. The van der Waals surface area contributed by atoms with Crippen LogP contribution in [0.5, 0.6) is 0 Å². The number of anilines is 1. The summed E-state index contributed by atoms with van der Waals surface area (Å²) in [6, 6.07) is 9.68. The highest BCUT2D eigenvalue weighted by atomic mass is 15.1. The van der Waals surface area contributed by atoms with Gasteiger partial charge in [0, 0.05) is 42.7 Å². The molecule has 0 unspecified atom stereocenters. The second-order valence-electron chi connectivity index (χ2n) is 9.67. The highest BCUT2D eigenvalue weighted by Crippen LogP contribution is 2.36. The number of benzene rings is 2. The van der Waals surface area contributed by atoms with Crippen LogP contribution >= 0.6 is 0 Å². The minimum absolute atomic E-state index is 1.24. The highest BCUT2D eigenvalue weighted by molar-refractivity contribution is 5.68. The van der Waals surface area contributed by atoms with Gasteiger partial charge in [-0.1, -0.05) is 30.4 Å². The predicted octanol–water partition coefficient (Wildman–Crippen LogP) is 3.82. The summed E-state index contributed by atoms with van der Waals surface area (Å²) in [5.41, 5.74) is 9.19. The third-order valence-electron chi connectivity index (χ3n) is 7.51. The van der Waals surface area contributed by atoms with Crippen molar-refractivity contribution in [2.75, 3.05) is 31.1 Å². The first-order chi connectivity index (χ1) is 15.3. The average Bonchev–Trinajstić information content (AvgIpc) is 2.80. The van der Waals surface area contributed by atoms with E-state index in [1.165, 1.54) is 88.3 Å². The Hall–Kier alpha value is -2.61. The zero-order chi connectivity index (χ0) is 20.6. The van der Waals surface area contributed by atoms with Crippen LogP contribution in [-0.4, -0.2) is 26.2 Å². The fourth-order valence-electron chi connectivity index (χ4n) is 6.25. The van der Waals surface area contributed by atoms with E-state index in [0.29, 0.717) is 0 Å². The minimum atomic E-state index is 1.24. The molecule has 0 saturated carbocycles. The molecule has 0 N–H and O–H groups in total. The number of rotatable bonds is 3. The van der Waals surface area contributed by atoms with Crippen molar-refractivity contribution in [1.82, 2.24) is 4.58 Å². The van der Waals surface area contributed by atoms with Gasteiger partial charge in [0.2, 0.25) is 5.36 Å². The van der Waals surface area contributed by atoms with Gasteiger partial charge in [0.15, 0.2) is 0 Å². The lowest BCUT2D eigenvalue weighted by Gasteiger charge is -2.37. The highest BCUT2D eigenvalue weighted by Gasteiger charge is 2.24. The molecule has 0 bridgehead atoms. The van der Waals surface area contributed by atoms with Gasteiger partial charge >= 0.3 is 0 Å². The second-order valence-corrected chi connectivity index (χ2v) is 9.67. The fraction of sp³-hybridized carbons (Fsp3) is 0.414. The first-order valence-corrected chi connectivity index (χ1v) is 12.3. The van der Waals surface area contributed by atoms with Crippen molar-refractivity contribution in [1.29, 1.82) is 0 Å². The number of nitrogens with zero attached hydrogens (tertiary/aromatic N) is 2. The Balaban J connectivity index is 1.24. The van der Waals surface area contributed by atoms with Gasteiger partial charge in [-0.25, -0.2) is 4.58 Å². The maximum Gasteiger partial charge on any atom is 0.206 e. The van der Waals surface area contributed by atoms with Crippen LogP contribution in [0.25, 0.3) is 12.2 Å². The van der Waals surface area contributed by atoms with Crippen LogP contribution in [-0.2, 0) is 25.7 Å². The van der Waals surface area contributed by atoms with E-state index in [-0.39, 0.29) is 0 Å². The Morgan fingerprint density at radius 2 is 1.32 bits per heavy atom. The molecule has 0 aromatic heterocycles. The van der Waals surface area contributed by atoms with Gasteiger partial charge in [0.25, 0.3) is 0 Å². The van der Waals surface area contributed by atoms with Crippen LogP contribution in [0.1, 0.15) is 53.5 Å². The fourth-order valence-corrected chi connectivity index (χ4v) is 6.25. The molecule has 0 fully saturated rings. The molecule has 0 aliphatic carbocycles. The number of aryl methyl sites for hydroxylation is 4. The molecule has 31 heavy (non-hydrogen) atoms. The van der Waals surface area contributed by atoms with Crippen LogP contribution < -0.4 is 20.1 Å². The Kier molecular flexibility index (Phi) is 5.02. The summed E-state index contributed by atoms with van der Waals surface area (Å²) >= 11 is 0. The Bertz CT molecular complexity index is 1130. The summed E-state index contributed by atoms with van der Waals surface area (Å²) in [6.07, 6.45) is 21.3. The zero-order valence-electron chi connectivity index (χ0n) is 18.6. The van der Waals surface area contributed by atoms with E-state index in [0.717, 1.165) is 0 Å². The summed E-state index contributed by atoms with van der Waals surface area (Å²) in [5.74, 6) is 0. The van der Waals surface area contributed by atoms with E-state index in [9.17, 15) is 0 Å². The van der Waals surface area contributed by atoms with Crippen molar-refractivity contribution in [2.45, 2.75) is 51.4 Å². The summed E-state index contributed by atoms with van der Waals surface area (Å²) in [7, 11) is 0. The number of hydrogen-bond donors (Lipinski definition) is 0. The topological polar surface area (TPSA) is 6.25 Å². The quantitative estimate of drug-likeness (QED) is 0.552. The summed E-state index contributed by atoms with van der Waals surface area (Å²) in [6.45, 7) is 4.98. The second kappa shape index (κ2) is 8.15. The molecule has 0 atom stereocenters. The third kappa shape index (κ3) is 3.67. The van der Waals surface area contributed by atoms with Crippen LogP contribution in [0.2, 0.25) is 0 Å². The molecule has 0 amide bonds. The monoisotopic (exact) mass is 409 g/mol. The van der Waals surface area contributed by atoms with Crippen molar-refractivity contribution in [3.8, 4) is 0 Å². The maximum atomic E-state index is 2.62. The number of hydrogen-bond acceptors (Lipinski definition) is 1. The van der Waals surface area contributed by atoms with Gasteiger partial charge in [-0.3, -0.25) is 0 Å². The van der Waals surface area contributed by atoms with Crippen LogP contribution in [0.3, 0.4) is 0 Å². The molecule has 2 aromatic rings. The molecular weight excluding hydrogens is 376 g/mol. The SMILES string of the molecule is C(/C=C/C=C/c1cc2c3c(c1)CCCN3CCC2)=c1cc2c3c(c1)CCC[N+]=3CCC2. The smallest absolute Gasteiger partial charge is 0.206 e. The van der Waals surface area contributed by atoms with Crippen molar-refractivity contribution < 1.29 is 0 Å². The van der Waals surface area contributed by atoms with E-state index >= 15 is 0 Å². The van der Waals surface area contributed by atoms with Gasteiger partial charge in [-0.2, -0.15) is 0 Å². The van der Waals surface area contributed by atoms with Gasteiger partial charge in [-0.15, -0.1) is 0 Å². The molecule has 2 nitrogen and oxygen atoms in total. The molecule has 4 aliphatic heterocycles. The lowest BCUT2D eigenvalue weighted by molar-refractivity contribution is 0.480. The van der Waals surface area contributed by atoms with Crippen molar-refractivity contribution in [3.05, 3.63) is 80.9 Å². The lowest BCUT2D eigenvalue weighted by Crippen LogP contribution is -2.44. The minimum Gasteiger partial charge on any atom is -0.371 e. The first-order valence-electron chi connectivity index (χ1n) is 12.3. The van der Waals surface area contributed by atoms with Crippen molar-refractivity contribution in [2.24, 2.45) is 0 Å². The molecule has 158 valence electrons. The van der Waals surface area contributed by atoms with Crippen LogP contribution in [0, 0.1) is 0 Å². The average molecular weight is 410 g/mol. The molecule has 4 aliphatic rings. The molecule has 6 rings (SSSR count). The van der Waals surface area contributed by atoms with Crippen LogP contribution in [0.4, 0.5) is 5.69 Å². The molecule has 4 heterocycles. The lowest BCUT2D eigenvalue weighted by atomic mass is 9.90. The maximum absolute atomic E-state index is 2.62. The number of allylic oxidation sites excluding steroid dienone is 3. The molecule has 0 saturated heterocycles. The largest absolute Gasteiger partial charge is 0.371 e. The normalized spacial score (nSPS) is 19.6. The van der Waals surface area contributed by atoms with E-state index in [1.54, 1.807) is 33.3 Å². The standard InChI is InChI=1S/C29H33N2/c1(2-8-22-18-24-10-4-14-30-15-5-11-25(19-22)28(24)30)3-9-23-20-26-12-6-16-31-17-7-13-27(21-23)29(26)31/h1-3,8-9,18-21H,4-7,10-17H2/q+1. The van der Waals surface area contributed by atoms with Crippen molar-refractivity contribution >= 4 is 17.8 Å². The molecule has 2 aromatic carbocycles. The molecule has 0 radical (unpaired) electrons. The summed E-state index contributed by atoms with van der Waals surface area (Å²) in [5, 5.41) is 2.92. The van der Waals surface area contributed by atoms with Crippen molar-refractivity contribution in [3.63, 3.8) is 0 Å². The van der Waals surface area contributed by atoms with E-state index < -0.39 is 0 Å². The summed E-state index contributed by atoms with van der Waals surface area (Å²) < 4.78 is 2.62. The van der Waals surface area contributed by atoms with E-state index in [4.69, 9.17) is 0 Å². The Labute approximate surface area is 185 Å². The van der Waals surface area contributed by atoms with Crippen LogP contribution in [0.15, 0.2) is 42.5 Å². The van der Waals surface area contributed by atoms with E-state index in [1.807, 2.05) is 0 Å². The third-order valence-corrected chi connectivity index (χ3v) is 7.51. The van der Waals surface area contributed by atoms with Gasteiger partial charge in [-0.05, 0) is 84.7 Å². The molecular formula is C29H33N2+. The zero-order valence-corrected chi connectivity index (χ0v) is 18.6. The Morgan fingerprint density at radius 1 is 0.677 bits per heavy atom. The summed E-state index contributed by atoms with van der Waals surface area (Å²) in [4.78, 5) is 2.62. The first kappa shape index (κ1) is 19.1. The molecule has 0 spiro atoms. The predicted molar refractivity (Wildman–Crippen MR) is 131 cm³/mol. The van der Waals surface area contributed by atoms with E-state index in [2.05, 4.69) is 64.1 Å². The van der Waals surface area contributed by atoms with Gasteiger partial charge < -0.3 is 4.90 Å². The molecule has 2 heteroatoms. The van der Waals surface area contributed by atoms with Gasteiger partial charge in [0.05, 0.1) is 0 Å².